The van der Waals surface area contributed by atoms with Crippen LogP contribution in [0.2, 0.25) is 10.0 Å². The zero-order valence-electron chi connectivity index (χ0n) is 13.7. The van der Waals surface area contributed by atoms with Gasteiger partial charge in [-0.3, -0.25) is 4.79 Å². The molecule has 1 aromatic carbocycles. The van der Waals surface area contributed by atoms with Crippen molar-refractivity contribution in [3.63, 3.8) is 0 Å². The fraction of sp³-hybridized carbons (Fsp3) is 0.222. The molecule has 0 radical (unpaired) electrons. The topological polar surface area (TPSA) is 55.4 Å². The first-order valence-electron chi connectivity index (χ1n) is 7.53. The molecule has 1 heterocycles. The zero-order valence-corrected chi connectivity index (χ0v) is 16.0. The van der Waals surface area contributed by atoms with Gasteiger partial charge in [-0.15, -0.1) is 0 Å². The van der Waals surface area contributed by atoms with Gasteiger partial charge in [0.15, 0.2) is 6.10 Å². The van der Waals surface area contributed by atoms with Gasteiger partial charge in [-0.1, -0.05) is 29.3 Å². The number of rotatable bonds is 6. The smallest absolute Gasteiger partial charge is 0.331 e. The number of amides is 1. The van der Waals surface area contributed by atoms with Crippen molar-refractivity contribution in [2.75, 3.05) is 0 Å². The molecule has 0 saturated carbocycles. The first kappa shape index (κ1) is 19.5. The normalized spacial score (nSPS) is 13.4. The van der Waals surface area contributed by atoms with Crippen molar-refractivity contribution in [2.24, 2.45) is 0 Å². The van der Waals surface area contributed by atoms with Gasteiger partial charge in [-0.25, -0.2) is 4.79 Å². The minimum Gasteiger partial charge on any atom is -0.449 e. The van der Waals surface area contributed by atoms with Crippen LogP contribution >= 0.6 is 34.5 Å². The van der Waals surface area contributed by atoms with Crippen molar-refractivity contribution in [2.45, 2.75) is 26.0 Å². The van der Waals surface area contributed by atoms with E-state index >= 15 is 0 Å². The minimum atomic E-state index is -0.923. The number of ether oxygens (including phenoxy) is 1. The lowest BCUT2D eigenvalue weighted by Gasteiger charge is -2.19. The van der Waals surface area contributed by atoms with Gasteiger partial charge in [0, 0.05) is 16.1 Å². The summed E-state index contributed by atoms with van der Waals surface area (Å²) >= 11 is 13.5. The number of halogens is 2. The first-order chi connectivity index (χ1) is 11.9. The number of esters is 1. The molecule has 0 spiro atoms. The molecule has 25 heavy (non-hydrogen) atoms. The summed E-state index contributed by atoms with van der Waals surface area (Å²) in [6, 6.07) is 6.59. The largest absolute Gasteiger partial charge is 0.449 e. The van der Waals surface area contributed by atoms with Crippen LogP contribution in [0.4, 0.5) is 0 Å². The average molecular weight is 398 g/mol. The molecule has 132 valence electrons. The quantitative estimate of drug-likeness (QED) is 0.558. The lowest BCUT2D eigenvalue weighted by atomic mass is 10.1. The molecule has 0 aliphatic heterocycles. The van der Waals surface area contributed by atoms with Crippen molar-refractivity contribution in [1.29, 1.82) is 0 Å². The van der Waals surface area contributed by atoms with Crippen LogP contribution < -0.4 is 5.32 Å². The van der Waals surface area contributed by atoms with Gasteiger partial charge in [0.1, 0.15) is 0 Å². The molecule has 0 aliphatic rings. The average Bonchev–Trinajstić information content (AvgIpc) is 3.06. The van der Waals surface area contributed by atoms with E-state index in [0.717, 1.165) is 11.1 Å². The molecule has 0 unspecified atom stereocenters. The monoisotopic (exact) mass is 397 g/mol. The predicted octanol–water partition coefficient (Wildman–Crippen LogP) is 4.88. The SMILES string of the molecule is C[C@H](OC(=O)/C=C/c1ccsc1)C(=O)N[C@H](C)c1ccc(Cl)cc1Cl. The summed E-state index contributed by atoms with van der Waals surface area (Å²) in [5.74, 6) is -0.984. The summed E-state index contributed by atoms with van der Waals surface area (Å²) < 4.78 is 5.11. The van der Waals surface area contributed by atoms with Gasteiger partial charge in [0.2, 0.25) is 0 Å². The Kier molecular flexibility index (Phi) is 7.05. The van der Waals surface area contributed by atoms with Crippen LogP contribution in [-0.4, -0.2) is 18.0 Å². The maximum Gasteiger partial charge on any atom is 0.331 e. The van der Waals surface area contributed by atoms with Gasteiger partial charge in [0.05, 0.1) is 6.04 Å². The van der Waals surface area contributed by atoms with Crippen molar-refractivity contribution in [3.8, 4) is 0 Å². The van der Waals surface area contributed by atoms with E-state index in [0.29, 0.717) is 10.0 Å². The van der Waals surface area contributed by atoms with E-state index in [4.69, 9.17) is 27.9 Å². The lowest BCUT2D eigenvalue weighted by molar-refractivity contribution is -0.150. The van der Waals surface area contributed by atoms with E-state index in [1.54, 1.807) is 31.2 Å². The van der Waals surface area contributed by atoms with Crippen LogP contribution in [0.15, 0.2) is 41.1 Å². The number of nitrogens with one attached hydrogen (secondary N) is 1. The van der Waals surface area contributed by atoms with Crippen LogP contribution in [0.5, 0.6) is 0 Å². The second-order valence-corrected chi connectivity index (χ2v) is 6.99. The van der Waals surface area contributed by atoms with E-state index in [9.17, 15) is 9.59 Å². The Labute approximate surface area is 160 Å². The summed E-state index contributed by atoms with van der Waals surface area (Å²) in [7, 11) is 0. The number of carbonyl (C=O) groups excluding carboxylic acids is 2. The number of thiophene rings is 1. The van der Waals surface area contributed by atoms with Crippen molar-refractivity contribution < 1.29 is 14.3 Å². The fourth-order valence-corrected chi connectivity index (χ4v) is 3.26. The van der Waals surface area contributed by atoms with Crippen LogP contribution in [0.3, 0.4) is 0 Å². The molecule has 0 saturated heterocycles. The van der Waals surface area contributed by atoms with Crippen molar-refractivity contribution >= 4 is 52.5 Å². The molecule has 2 aromatic rings. The van der Waals surface area contributed by atoms with Crippen LogP contribution in [0.1, 0.15) is 31.0 Å². The molecule has 4 nitrogen and oxygen atoms in total. The van der Waals surface area contributed by atoms with E-state index in [1.165, 1.54) is 24.3 Å². The molecule has 2 rings (SSSR count). The maximum absolute atomic E-state index is 12.2. The molecule has 0 aliphatic carbocycles. The van der Waals surface area contributed by atoms with Crippen molar-refractivity contribution in [3.05, 3.63) is 62.3 Å². The Morgan fingerprint density at radius 2 is 2.00 bits per heavy atom. The summed E-state index contributed by atoms with van der Waals surface area (Å²) in [6.45, 7) is 3.31. The molecule has 1 aromatic heterocycles. The molecule has 1 amide bonds. The molecule has 0 fully saturated rings. The Balaban J connectivity index is 1.89. The highest BCUT2D eigenvalue weighted by atomic mass is 35.5. The van der Waals surface area contributed by atoms with Crippen molar-refractivity contribution in [1.82, 2.24) is 5.32 Å². The van der Waals surface area contributed by atoms with Gasteiger partial charge in [-0.2, -0.15) is 11.3 Å². The third-order valence-corrected chi connectivity index (χ3v) is 4.67. The highest BCUT2D eigenvalue weighted by Crippen LogP contribution is 2.26. The standard InChI is InChI=1S/C18H17Cl2NO3S/c1-11(15-5-4-14(19)9-16(15)20)21-18(23)12(2)24-17(22)6-3-13-7-8-25-10-13/h3-12H,1-2H3,(H,21,23)/b6-3+/t11-,12+/m1/s1. The first-order valence-corrected chi connectivity index (χ1v) is 9.23. The molecule has 7 heteroatoms. The molecule has 0 bridgehead atoms. The Hall–Kier alpha value is -1.82. The number of hydrogen-bond acceptors (Lipinski definition) is 4. The van der Waals surface area contributed by atoms with Gasteiger partial charge >= 0.3 is 5.97 Å². The van der Waals surface area contributed by atoms with E-state index in [1.807, 2.05) is 16.8 Å². The predicted molar refractivity (Wildman–Crippen MR) is 102 cm³/mol. The summed E-state index contributed by atoms with van der Waals surface area (Å²) in [4.78, 5) is 24.0. The summed E-state index contributed by atoms with van der Waals surface area (Å²) in [5.41, 5.74) is 1.64. The van der Waals surface area contributed by atoms with E-state index in [-0.39, 0.29) is 6.04 Å². The Bertz CT molecular complexity index is 775. The van der Waals surface area contributed by atoms with Crippen LogP contribution in [-0.2, 0) is 14.3 Å². The second-order valence-electron chi connectivity index (χ2n) is 5.37. The second kappa shape index (κ2) is 9.04. The van der Waals surface area contributed by atoms with E-state index < -0.39 is 18.0 Å². The molecular weight excluding hydrogens is 381 g/mol. The van der Waals surface area contributed by atoms with E-state index in [2.05, 4.69) is 5.32 Å². The molecule has 1 N–H and O–H groups in total. The van der Waals surface area contributed by atoms with Crippen LogP contribution in [0, 0.1) is 0 Å². The fourth-order valence-electron chi connectivity index (χ4n) is 2.06. The number of hydrogen-bond donors (Lipinski definition) is 1. The third kappa shape index (κ3) is 5.88. The highest BCUT2D eigenvalue weighted by Gasteiger charge is 2.20. The maximum atomic E-state index is 12.2. The Morgan fingerprint density at radius 3 is 2.64 bits per heavy atom. The van der Waals surface area contributed by atoms with Crippen LogP contribution in [0.25, 0.3) is 6.08 Å². The zero-order chi connectivity index (χ0) is 18.4. The molecular formula is C18H17Cl2NO3S. The summed E-state index contributed by atoms with van der Waals surface area (Å²) in [5, 5.41) is 7.55. The van der Waals surface area contributed by atoms with Gasteiger partial charge < -0.3 is 10.1 Å². The van der Waals surface area contributed by atoms with Gasteiger partial charge in [0.25, 0.3) is 5.91 Å². The number of carbonyl (C=O) groups is 2. The highest BCUT2D eigenvalue weighted by molar-refractivity contribution is 7.08. The number of benzene rings is 1. The Morgan fingerprint density at radius 1 is 1.24 bits per heavy atom. The summed E-state index contributed by atoms with van der Waals surface area (Å²) in [6.07, 6.45) is 2.01. The van der Waals surface area contributed by atoms with Gasteiger partial charge in [-0.05, 0) is 60.0 Å². The lowest BCUT2D eigenvalue weighted by Crippen LogP contribution is -2.37. The molecule has 2 atom stereocenters. The minimum absolute atomic E-state index is 0.347. The third-order valence-electron chi connectivity index (χ3n) is 3.40.